The molecule has 0 atom stereocenters. The number of nitrogens with zero attached hydrogens (tertiary/aromatic N) is 2. The normalized spacial score (nSPS) is 10.7. The van der Waals surface area contributed by atoms with E-state index in [-0.39, 0.29) is 0 Å². The van der Waals surface area contributed by atoms with Crippen LogP contribution < -0.4 is 5.32 Å². The number of hydrogen-bond acceptors (Lipinski definition) is 5. The minimum Gasteiger partial charge on any atom is -0.419 e. The predicted octanol–water partition coefficient (Wildman–Crippen LogP) is 2.30. The summed E-state index contributed by atoms with van der Waals surface area (Å²) in [6, 6.07) is 3.95. The van der Waals surface area contributed by atoms with Crippen molar-refractivity contribution in [3.8, 4) is 10.8 Å². The molecule has 0 aliphatic heterocycles. The highest BCUT2D eigenvalue weighted by Crippen LogP contribution is 2.22. The lowest BCUT2D eigenvalue weighted by molar-refractivity contribution is 0.478. The van der Waals surface area contributed by atoms with Crippen molar-refractivity contribution in [2.75, 3.05) is 6.54 Å². The van der Waals surface area contributed by atoms with Crippen LogP contribution in [0.4, 0.5) is 0 Å². The average molecular weight is 223 g/mol. The Morgan fingerprint density at radius 1 is 1.47 bits per heavy atom. The van der Waals surface area contributed by atoms with E-state index in [1.165, 1.54) is 0 Å². The van der Waals surface area contributed by atoms with Crippen LogP contribution in [0, 0.1) is 0 Å². The van der Waals surface area contributed by atoms with Crippen LogP contribution in [0.2, 0.25) is 0 Å². The fourth-order valence-corrected chi connectivity index (χ4v) is 1.84. The van der Waals surface area contributed by atoms with Gasteiger partial charge in [0.2, 0.25) is 5.89 Å². The molecule has 0 bridgehead atoms. The Labute approximate surface area is 92.3 Å². The van der Waals surface area contributed by atoms with Crippen LogP contribution in [0.5, 0.6) is 0 Å². The van der Waals surface area contributed by atoms with E-state index >= 15 is 0 Å². The van der Waals surface area contributed by atoms with Crippen molar-refractivity contribution in [3.63, 3.8) is 0 Å². The fraction of sp³-hybridized carbons (Fsp3) is 0.400. The first-order valence-electron chi connectivity index (χ1n) is 4.97. The SMILES string of the molecule is CCCNCc1nnc(-c2cccs2)o1. The maximum absolute atomic E-state index is 5.50. The van der Waals surface area contributed by atoms with Gasteiger partial charge >= 0.3 is 0 Å². The maximum atomic E-state index is 5.50. The minimum absolute atomic E-state index is 0.610. The predicted molar refractivity (Wildman–Crippen MR) is 59.6 cm³/mol. The molecule has 2 heterocycles. The van der Waals surface area contributed by atoms with Crippen LogP contribution in [0.25, 0.3) is 10.8 Å². The number of rotatable bonds is 5. The summed E-state index contributed by atoms with van der Waals surface area (Å²) in [6.45, 7) is 3.74. The Kier molecular flexibility index (Phi) is 3.47. The van der Waals surface area contributed by atoms with Crippen molar-refractivity contribution in [1.82, 2.24) is 15.5 Å². The zero-order valence-corrected chi connectivity index (χ0v) is 9.38. The maximum Gasteiger partial charge on any atom is 0.257 e. The minimum atomic E-state index is 0.610. The topological polar surface area (TPSA) is 51.0 Å². The third-order valence-corrected chi connectivity index (χ3v) is 2.76. The Morgan fingerprint density at radius 3 is 3.13 bits per heavy atom. The molecule has 15 heavy (non-hydrogen) atoms. The second kappa shape index (κ2) is 5.04. The van der Waals surface area contributed by atoms with E-state index in [9.17, 15) is 0 Å². The first-order chi connectivity index (χ1) is 7.40. The third kappa shape index (κ3) is 2.64. The number of hydrogen-bond donors (Lipinski definition) is 1. The van der Waals surface area contributed by atoms with Crippen molar-refractivity contribution in [1.29, 1.82) is 0 Å². The highest BCUT2D eigenvalue weighted by molar-refractivity contribution is 7.13. The fourth-order valence-electron chi connectivity index (χ4n) is 1.20. The molecule has 0 aliphatic rings. The molecule has 0 amide bonds. The van der Waals surface area contributed by atoms with Crippen LogP contribution in [0.3, 0.4) is 0 Å². The Balaban J connectivity index is 1.98. The highest BCUT2D eigenvalue weighted by Gasteiger charge is 2.08. The summed E-state index contributed by atoms with van der Waals surface area (Å²) >= 11 is 1.60. The van der Waals surface area contributed by atoms with Crippen molar-refractivity contribution >= 4 is 11.3 Å². The summed E-state index contributed by atoms with van der Waals surface area (Å²) in [7, 11) is 0. The van der Waals surface area contributed by atoms with Gasteiger partial charge in [0.15, 0.2) is 0 Å². The molecule has 2 aromatic rings. The van der Waals surface area contributed by atoms with Gasteiger partial charge in [-0.2, -0.15) is 0 Å². The Hall–Kier alpha value is -1.20. The third-order valence-electron chi connectivity index (χ3n) is 1.90. The quantitative estimate of drug-likeness (QED) is 0.790. The van der Waals surface area contributed by atoms with Gasteiger partial charge in [0.25, 0.3) is 5.89 Å². The van der Waals surface area contributed by atoms with Gasteiger partial charge in [-0.05, 0) is 24.4 Å². The molecule has 2 rings (SSSR count). The van der Waals surface area contributed by atoms with E-state index in [2.05, 4.69) is 22.4 Å². The first-order valence-corrected chi connectivity index (χ1v) is 5.85. The molecule has 0 aliphatic carbocycles. The molecule has 5 heteroatoms. The van der Waals surface area contributed by atoms with Crippen molar-refractivity contribution in [2.24, 2.45) is 0 Å². The van der Waals surface area contributed by atoms with E-state index in [1.54, 1.807) is 11.3 Å². The molecular formula is C10H13N3OS. The molecule has 0 saturated heterocycles. The van der Waals surface area contributed by atoms with E-state index in [1.807, 2.05) is 17.5 Å². The smallest absolute Gasteiger partial charge is 0.257 e. The first kappa shape index (κ1) is 10.3. The molecular weight excluding hydrogens is 210 g/mol. The molecule has 0 spiro atoms. The van der Waals surface area contributed by atoms with E-state index in [4.69, 9.17) is 4.42 Å². The van der Waals surface area contributed by atoms with Crippen LogP contribution in [-0.4, -0.2) is 16.7 Å². The summed E-state index contributed by atoms with van der Waals surface area (Å²) in [5, 5.41) is 13.2. The molecule has 2 aromatic heterocycles. The van der Waals surface area contributed by atoms with Crippen LogP contribution >= 0.6 is 11.3 Å². The Morgan fingerprint density at radius 2 is 2.40 bits per heavy atom. The van der Waals surface area contributed by atoms with E-state index in [0.29, 0.717) is 18.3 Å². The lowest BCUT2D eigenvalue weighted by Gasteiger charge is -1.96. The van der Waals surface area contributed by atoms with Crippen molar-refractivity contribution in [2.45, 2.75) is 19.9 Å². The van der Waals surface area contributed by atoms with Gasteiger partial charge in [0.1, 0.15) is 0 Å². The summed E-state index contributed by atoms with van der Waals surface area (Å²) in [5.74, 6) is 1.25. The van der Waals surface area contributed by atoms with Gasteiger partial charge in [-0.25, -0.2) is 0 Å². The van der Waals surface area contributed by atoms with E-state index in [0.717, 1.165) is 17.8 Å². The second-order valence-corrected chi connectivity index (χ2v) is 4.10. The summed E-state index contributed by atoms with van der Waals surface area (Å²) in [5.41, 5.74) is 0. The second-order valence-electron chi connectivity index (χ2n) is 3.16. The van der Waals surface area contributed by atoms with Gasteiger partial charge in [-0.15, -0.1) is 21.5 Å². The monoisotopic (exact) mass is 223 g/mol. The lowest BCUT2D eigenvalue weighted by Crippen LogP contribution is -2.13. The summed E-state index contributed by atoms with van der Waals surface area (Å²) in [6.07, 6.45) is 1.10. The van der Waals surface area contributed by atoms with Gasteiger partial charge in [0, 0.05) is 0 Å². The molecule has 1 N–H and O–H groups in total. The molecule has 0 radical (unpaired) electrons. The van der Waals surface area contributed by atoms with Crippen LogP contribution in [0.1, 0.15) is 19.2 Å². The number of thiophene rings is 1. The molecule has 0 saturated carbocycles. The largest absolute Gasteiger partial charge is 0.419 e. The average Bonchev–Trinajstić information content (AvgIpc) is 2.87. The van der Waals surface area contributed by atoms with Gasteiger partial charge < -0.3 is 9.73 Å². The zero-order chi connectivity index (χ0) is 10.5. The number of nitrogens with one attached hydrogen (secondary N) is 1. The standard InChI is InChI=1S/C10H13N3OS/c1-2-5-11-7-9-12-13-10(14-9)8-4-3-6-15-8/h3-4,6,11H,2,5,7H2,1H3. The van der Waals surface area contributed by atoms with Crippen LogP contribution in [-0.2, 0) is 6.54 Å². The molecule has 0 fully saturated rings. The summed E-state index contributed by atoms with van der Waals surface area (Å²) < 4.78 is 5.50. The molecule has 0 unspecified atom stereocenters. The lowest BCUT2D eigenvalue weighted by atomic mass is 10.5. The highest BCUT2D eigenvalue weighted by atomic mass is 32.1. The summed E-state index contributed by atoms with van der Waals surface area (Å²) in [4.78, 5) is 1.02. The molecule has 4 nitrogen and oxygen atoms in total. The number of aromatic nitrogens is 2. The van der Waals surface area contributed by atoms with Gasteiger partial charge in [-0.1, -0.05) is 13.0 Å². The Bertz CT molecular complexity index is 396. The van der Waals surface area contributed by atoms with Crippen molar-refractivity contribution < 1.29 is 4.42 Å². The molecule has 80 valence electrons. The van der Waals surface area contributed by atoms with Crippen molar-refractivity contribution in [3.05, 3.63) is 23.4 Å². The van der Waals surface area contributed by atoms with Gasteiger partial charge in [0.05, 0.1) is 11.4 Å². The zero-order valence-electron chi connectivity index (χ0n) is 8.56. The van der Waals surface area contributed by atoms with Crippen LogP contribution in [0.15, 0.2) is 21.9 Å². The van der Waals surface area contributed by atoms with E-state index < -0.39 is 0 Å². The molecule has 0 aromatic carbocycles. The van der Waals surface area contributed by atoms with Gasteiger partial charge in [-0.3, -0.25) is 0 Å².